The molecule has 5 heteroatoms. The summed E-state index contributed by atoms with van der Waals surface area (Å²) in [6, 6.07) is 16.7. The monoisotopic (exact) mass is 523 g/mol. The number of fused-ring (bicyclic) bond motifs is 3. The third kappa shape index (κ3) is 4.15. The maximum absolute atomic E-state index is 6.16. The Morgan fingerprint density at radius 2 is 1.88 bits per heavy atom. The number of hydrogen-bond acceptors (Lipinski definition) is 3. The first-order valence-corrected chi connectivity index (χ1v) is 12.4. The lowest BCUT2D eigenvalue weighted by Gasteiger charge is -2.39. The molecule has 170 valence electrons. The Balaban J connectivity index is 1.47. The molecule has 1 heterocycles. The van der Waals surface area contributed by atoms with Crippen molar-refractivity contribution in [2.75, 3.05) is 12.4 Å². The van der Waals surface area contributed by atoms with E-state index in [1.54, 1.807) is 7.11 Å². The molecule has 1 aliphatic heterocycles. The summed E-state index contributed by atoms with van der Waals surface area (Å²) >= 11 is 9.75. The molecule has 0 spiro atoms. The summed E-state index contributed by atoms with van der Waals surface area (Å²) < 4.78 is 12.8. The van der Waals surface area contributed by atoms with Crippen LogP contribution in [0.3, 0.4) is 0 Å². The van der Waals surface area contributed by atoms with Gasteiger partial charge in [0.15, 0.2) is 11.5 Å². The van der Waals surface area contributed by atoms with Crippen molar-refractivity contribution in [1.29, 1.82) is 0 Å². The zero-order valence-corrected chi connectivity index (χ0v) is 21.3. The van der Waals surface area contributed by atoms with E-state index in [2.05, 4.69) is 71.5 Å². The van der Waals surface area contributed by atoms with Crippen LogP contribution in [0, 0.1) is 19.8 Å². The third-order valence-electron chi connectivity index (χ3n) is 6.98. The van der Waals surface area contributed by atoms with E-state index in [0.29, 0.717) is 29.2 Å². The molecule has 33 heavy (non-hydrogen) atoms. The Hall–Kier alpha value is -2.43. The number of allylic oxidation sites excluding steroid dienone is 2. The van der Waals surface area contributed by atoms with Crippen molar-refractivity contribution < 1.29 is 9.47 Å². The highest BCUT2D eigenvalue weighted by atomic mass is 79.9. The van der Waals surface area contributed by atoms with Gasteiger partial charge in [-0.05, 0) is 94.2 Å². The van der Waals surface area contributed by atoms with Gasteiger partial charge in [-0.15, -0.1) is 0 Å². The fraction of sp³-hybridized carbons (Fsp3) is 0.286. The van der Waals surface area contributed by atoms with Crippen LogP contribution in [0.15, 0.2) is 65.2 Å². The normalized spacial score (nSPS) is 20.7. The summed E-state index contributed by atoms with van der Waals surface area (Å²) in [6.45, 7) is 4.82. The van der Waals surface area contributed by atoms with E-state index in [1.165, 1.54) is 27.9 Å². The van der Waals surface area contributed by atoms with E-state index >= 15 is 0 Å². The van der Waals surface area contributed by atoms with Crippen molar-refractivity contribution in [3.8, 4) is 11.5 Å². The number of aryl methyl sites for hydroxylation is 1. The minimum Gasteiger partial charge on any atom is -0.493 e. The molecule has 0 bridgehead atoms. The zero-order valence-electron chi connectivity index (χ0n) is 19.0. The molecule has 0 saturated heterocycles. The number of nitrogens with one attached hydrogen (secondary N) is 1. The van der Waals surface area contributed by atoms with Crippen molar-refractivity contribution in [2.24, 2.45) is 5.92 Å². The Bertz CT molecular complexity index is 1220. The molecule has 1 aliphatic carbocycles. The molecule has 0 radical (unpaired) electrons. The van der Waals surface area contributed by atoms with Gasteiger partial charge < -0.3 is 14.8 Å². The molecule has 3 atom stereocenters. The van der Waals surface area contributed by atoms with Crippen LogP contribution in [0.25, 0.3) is 0 Å². The van der Waals surface area contributed by atoms with Crippen LogP contribution in [-0.2, 0) is 6.61 Å². The van der Waals surface area contributed by atoms with Gasteiger partial charge in [0.2, 0.25) is 0 Å². The van der Waals surface area contributed by atoms with E-state index < -0.39 is 0 Å². The second-order valence-corrected chi connectivity index (χ2v) is 10.2. The minimum atomic E-state index is 0.188. The Kier molecular flexibility index (Phi) is 6.15. The second kappa shape index (κ2) is 9.08. The third-order valence-corrected chi connectivity index (χ3v) is 7.82. The van der Waals surface area contributed by atoms with Gasteiger partial charge >= 0.3 is 0 Å². The molecule has 0 aromatic heterocycles. The Morgan fingerprint density at radius 1 is 1.09 bits per heavy atom. The maximum Gasteiger partial charge on any atom is 0.175 e. The largest absolute Gasteiger partial charge is 0.493 e. The van der Waals surface area contributed by atoms with Crippen molar-refractivity contribution in [3.05, 3.63) is 98.0 Å². The molecule has 3 aromatic carbocycles. The summed E-state index contributed by atoms with van der Waals surface area (Å²) in [6.07, 6.45) is 5.76. The van der Waals surface area contributed by atoms with Crippen molar-refractivity contribution in [3.63, 3.8) is 0 Å². The molecule has 3 aromatic rings. The van der Waals surface area contributed by atoms with Gasteiger partial charge in [-0.1, -0.05) is 48.0 Å². The van der Waals surface area contributed by atoms with E-state index in [4.69, 9.17) is 21.1 Å². The molecular weight excluding hydrogens is 498 g/mol. The molecule has 1 N–H and O–H groups in total. The van der Waals surface area contributed by atoms with Crippen LogP contribution in [0.4, 0.5) is 5.69 Å². The highest BCUT2D eigenvalue weighted by Gasteiger charge is 2.39. The topological polar surface area (TPSA) is 30.5 Å². The van der Waals surface area contributed by atoms with Crippen LogP contribution in [0.2, 0.25) is 5.02 Å². The van der Waals surface area contributed by atoms with Crippen molar-refractivity contribution >= 4 is 33.2 Å². The molecular formula is C28H27BrClNO2. The second-order valence-electron chi connectivity index (χ2n) is 8.90. The number of ether oxygens (including phenoxy) is 2. The Labute approximate surface area is 208 Å². The van der Waals surface area contributed by atoms with Crippen molar-refractivity contribution in [2.45, 2.75) is 38.8 Å². The first-order valence-electron chi connectivity index (χ1n) is 11.2. The molecule has 0 unspecified atom stereocenters. The highest BCUT2D eigenvalue weighted by molar-refractivity contribution is 9.10. The lowest BCUT2D eigenvalue weighted by molar-refractivity contribution is 0.282. The highest BCUT2D eigenvalue weighted by Crippen LogP contribution is 2.52. The predicted octanol–water partition coefficient (Wildman–Crippen LogP) is 8.13. The fourth-order valence-corrected chi connectivity index (χ4v) is 5.74. The van der Waals surface area contributed by atoms with Gasteiger partial charge in [0, 0.05) is 16.6 Å². The van der Waals surface area contributed by atoms with Gasteiger partial charge in [-0.3, -0.25) is 0 Å². The zero-order chi connectivity index (χ0) is 23.1. The van der Waals surface area contributed by atoms with Gasteiger partial charge in [0.05, 0.1) is 17.6 Å². The summed E-state index contributed by atoms with van der Waals surface area (Å²) in [7, 11) is 1.69. The van der Waals surface area contributed by atoms with E-state index in [1.807, 2.05) is 24.3 Å². The summed E-state index contributed by atoms with van der Waals surface area (Å²) in [5.74, 6) is 2.33. The lowest BCUT2D eigenvalue weighted by atomic mass is 9.76. The summed E-state index contributed by atoms with van der Waals surface area (Å²) in [4.78, 5) is 0. The number of benzene rings is 3. The predicted molar refractivity (Wildman–Crippen MR) is 139 cm³/mol. The first kappa shape index (κ1) is 22.4. The number of methoxy groups -OCH3 is 1. The lowest BCUT2D eigenvalue weighted by Crippen LogP contribution is -2.29. The maximum atomic E-state index is 6.16. The van der Waals surface area contributed by atoms with Gasteiger partial charge in [0.25, 0.3) is 0 Å². The first-order chi connectivity index (χ1) is 16.0. The molecule has 5 rings (SSSR count). The molecule has 0 amide bonds. The SMILES string of the molecule is COc1cc([C@@H]2Nc3c(ccc(C)c3C)[C@@H]3C=CC[C@@H]32)cc(Br)c1OCc1ccc(Cl)cc1. The molecule has 2 aliphatic rings. The van der Waals surface area contributed by atoms with Gasteiger partial charge in [0.1, 0.15) is 6.61 Å². The summed E-state index contributed by atoms with van der Waals surface area (Å²) in [5, 5.41) is 4.60. The quantitative estimate of drug-likeness (QED) is 0.342. The molecule has 3 nitrogen and oxygen atoms in total. The van der Waals surface area contributed by atoms with Crippen LogP contribution >= 0.6 is 27.5 Å². The minimum absolute atomic E-state index is 0.188. The smallest absolute Gasteiger partial charge is 0.175 e. The van der Waals surface area contributed by atoms with E-state index in [-0.39, 0.29) is 6.04 Å². The van der Waals surface area contributed by atoms with Crippen molar-refractivity contribution in [1.82, 2.24) is 0 Å². The van der Waals surface area contributed by atoms with Crippen LogP contribution < -0.4 is 14.8 Å². The standard InChI is InChI=1S/C28H27BrClNO2/c1-16-7-12-23-21-5-4-6-22(21)27(31-26(23)17(16)2)19-13-24(29)28(25(14-19)32-3)33-15-18-8-10-20(30)11-9-18/h4-5,7-14,21-22,27,31H,6,15H2,1-3H3/t21-,22+,27+/m1/s1. The molecule has 0 saturated carbocycles. The van der Waals surface area contributed by atoms with Crippen LogP contribution in [0.5, 0.6) is 11.5 Å². The fourth-order valence-electron chi connectivity index (χ4n) is 5.04. The van der Waals surface area contributed by atoms with Gasteiger partial charge in [-0.25, -0.2) is 0 Å². The van der Waals surface area contributed by atoms with Crippen LogP contribution in [0.1, 0.15) is 46.2 Å². The summed E-state index contributed by atoms with van der Waals surface area (Å²) in [5.41, 5.74) is 7.56. The number of hydrogen-bond donors (Lipinski definition) is 1. The number of halogens is 2. The van der Waals surface area contributed by atoms with E-state index in [0.717, 1.165) is 22.2 Å². The Morgan fingerprint density at radius 3 is 2.64 bits per heavy atom. The number of rotatable bonds is 5. The van der Waals surface area contributed by atoms with Crippen LogP contribution in [-0.4, -0.2) is 7.11 Å². The number of anilines is 1. The van der Waals surface area contributed by atoms with E-state index in [9.17, 15) is 0 Å². The molecule has 0 fully saturated rings. The average molecular weight is 525 g/mol. The average Bonchev–Trinajstić information content (AvgIpc) is 3.31. The van der Waals surface area contributed by atoms with Gasteiger partial charge in [-0.2, -0.15) is 0 Å².